The monoisotopic (exact) mass is 320 g/mol. The van der Waals surface area contributed by atoms with E-state index in [1.54, 1.807) is 18.4 Å². The van der Waals surface area contributed by atoms with Gasteiger partial charge in [0.2, 0.25) is 0 Å². The highest BCUT2D eigenvalue weighted by molar-refractivity contribution is 7.09. The Kier molecular flexibility index (Phi) is 6.08. The standard InChI is InChI=1S/C17H24N2O2S/c1-12-5-7-14(8-6-12)16(20)10-19(3)9-15-11-22-17(18-15)13(2)21-4/h5-8,11,13,16,20H,9-10H2,1-4H3. The molecule has 2 aromatic rings. The van der Waals surface area contributed by atoms with E-state index in [1.165, 1.54) is 5.56 Å². The third kappa shape index (κ3) is 4.61. The second kappa shape index (κ2) is 7.83. The third-order valence-electron chi connectivity index (χ3n) is 3.65. The number of rotatable bonds is 7. The van der Waals surface area contributed by atoms with Gasteiger partial charge in [-0.3, -0.25) is 4.90 Å². The number of aryl methyl sites for hydroxylation is 1. The molecule has 2 atom stereocenters. The van der Waals surface area contributed by atoms with E-state index in [2.05, 4.69) is 15.3 Å². The van der Waals surface area contributed by atoms with Crippen molar-refractivity contribution in [3.8, 4) is 0 Å². The lowest BCUT2D eigenvalue weighted by Crippen LogP contribution is -2.24. The van der Waals surface area contributed by atoms with Crippen molar-refractivity contribution in [3.63, 3.8) is 0 Å². The Bertz CT molecular complexity index is 583. The molecule has 0 aliphatic heterocycles. The number of methoxy groups -OCH3 is 1. The van der Waals surface area contributed by atoms with Crippen LogP contribution in [0.1, 0.15) is 41.0 Å². The Balaban J connectivity index is 1.90. The van der Waals surface area contributed by atoms with Gasteiger partial charge in [0, 0.05) is 25.6 Å². The van der Waals surface area contributed by atoms with Crippen LogP contribution in [0.25, 0.3) is 0 Å². The normalized spacial score (nSPS) is 14.3. The van der Waals surface area contributed by atoms with Gasteiger partial charge < -0.3 is 9.84 Å². The number of nitrogens with zero attached hydrogens (tertiary/aromatic N) is 2. The van der Waals surface area contributed by atoms with E-state index in [0.717, 1.165) is 22.8 Å². The fraction of sp³-hybridized carbons (Fsp3) is 0.471. The molecule has 0 saturated carbocycles. The van der Waals surface area contributed by atoms with Gasteiger partial charge >= 0.3 is 0 Å². The highest BCUT2D eigenvalue weighted by Crippen LogP contribution is 2.21. The highest BCUT2D eigenvalue weighted by Gasteiger charge is 2.14. The van der Waals surface area contributed by atoms with Crippen LogP contribution in [0, 0.1) is 6.92 Å². The number of benzene rings is 1. The fourth-order valence-corrected chi connectivity index (χ4v) is 3.05. The summed E-state index contributed by atoms with van der Waals surface area (Å²) in [6, 6.07) is 8.01. The van der Waals surface area contributed by atoms with Gasteiger partial charge in [-0.05, 0) is 26.5 Å². The lowest BCUT2D eigenvalue weighted by molar-refractivity contribution is 0.117. The van der Waals surface area contributed by atoms with Crippen LogP contribution in [0.4, 0.5) is 0 Å². The smallest absolute Gasteiger partial charge is 0.122 e. The maximum Gasteiger partial charge on any atom is 0.122 e. The second-order valence-electron chi connectivity index (χ2n) is 5.68. The molecule has 5 heteroatoms. The van der Waals surface area contributed by atoms with Crippen LogP contribution >= 0.6 is 11.3 Å². The molecule has 0 saturated heterocycles. The van der Waals surface area contributed by atoms with Gasteiger partial charge in [-0.2, -0.15) is 0 Å². The van der Waals surface area contributed by atoms with Crippen molar-refractivity contribution in [2.45, 2.75) is 32.6 Å². The van der Waals surface area contributed by atoms with Crippen LogP contribution in [0.15, 0.2) is 29.6 Å². The molecule has 0 bridgehead atoms. The van der Waals surface area contributed by atoms with Gasteiger partial charge in [0.1, 0.15) is 11.1 Å². The van der Waals surface area contributed by atoms with E-state index in [1.807, 2.05) is 45.2 Å². The van der Waals surface area contributed by atoms with Crippen LogP contribution in [0.2, 0.25) is 0 Å². The maximum absolute atomic E-state index is 10.3. The summed E-state index contributed by atoms with van der Waals surface area (Å²) in [5.74, 6) is 0. The number of aromatic nitrogens is 1. The van der Waals surface area contributed by atoms with Gasteiger partial charge in [-0.25, -0.2) is 4.98 Å². The summed E-state index contributed by atoms with van der Waals surface area (Å²) in [5, 5.41) is 13.4. The molecule has 22 heavy (non-hydrogen) atoms. The number of thiazole rings is 1. The van der Waals surface area contributed by atoms with Crippen molar-refractivity contribution in [2.24, 2.45) is 0 Å². The Hall–Kier alpha value is -1.27. The van der Waals surface area contributed by atoms with Gasteiger partial charge in [0.15, 0.2) is 0 Å². The molecule has 2 rings (SSSR count). The van der Waals surface area contributed by atoms with E-state index in [9.17, 15) is 5.11 Å². The number of hydrogen-bond donors (Lipinski definition) is 1. The van der Waals surface area contributed by atoms with E-state index in [4.69, 9.17) is 4.74 Å². The second-order valence-corrected chi connectivity index (χ2v) is 6.57. The zero-order valence-electron chi connectivity index (χ0n) is 13.6. The number of likely N-dealkylation sites (N-methyl/N-ethyl adjacent to an activating group) is 1. The molecular formula is C17H24N2O2S. The lowest BCUT2D eigenvalue weighted by atomic mass is 10.1. The molecule has 1 aromatic heterocycles. The summed E-state index contributed by atoms with van der Waals surface area (Å²) >= 11 is 1.62. The van der Waals surface area contributed by atoms with Crippen molar-refractivity contribution in [2.75, 3.05) is 20.7 Å². The Morgan fingerprint density at radius 3 is 2.64 bits per heavy atom. The molecule has 0 spiro atoms. The van der Waals surface area contributed by atoms with E-state index < -0.39 is 6.10 Å². The van der Waals surface area contributed by atoms with E-state index in [0.29, 0.717) is 6.54 Å². The van der Waals surface area contributed by atoms with Gasteiger partial charge in [0.05, 0.1) is 11.8 Å². The molecule has 4 nitrogen and oxygen atoms in total. The Morgan fingerprint density at radius 2 is 2.00 bits per heavy atom. The van der Waals surface area contributed by atoms with Crippen molar-refractivity contribution in [1.29, 1.82) is 0 Å². The molecule has 0 radical (unpaired) electrons. The maximum atomic E-state index is 10.3. The number of hydrogen-bond acceptors (Lipinski definition) is 5. The first-order valence-corrected chi connectivity index (χ1v) is 8.28. The summed E-state index contributed by atoms with van der Waals surface area (Å²) in [7, 11) is 3.69. The zero-order chi connectivity index (χ0) is 16.1. The molecule has 1 aromatic carbocycles. The van der Waals surface area contributed by atoms with Crippen LogP contribution in [-0.4, -0.2) is 35.7 Å². The SMILES string of the molecule is COC(C)c1nc(CN(C)CC(O)c2ccc(C)cc2)cs1. The van der Waals surface area contributed by atoms with Gasteiger partial charge in [0.25, 0.3) is 0 Å². The summed E-state index contributed by atoms with van der Waals surface area (Å²) < 4.78 is 5.28. The van der Waals surface area contributed by atoms with Gasteiger partial charge in [-0.15, -0.1) is 11.3 Å². The zero-order valence-corrected chi connectivity index (χ0v) is 14.4. The minimum absolute atomic E-state index is 0.0298. The Morgan fingerprint density at radius 1 is 1.32 bits per heavy atom. The molecule has 0 aliphatic rings. The van der Waals surface area contributed by atoms with Crippen LogP contribution in [0.3, 0.4) is 0 Å². The van der Waals surface area contributed by atoms with Crippen molar-refractivity contribution < 1.29 is 9.84 Å². The predicted molar refractivity (Wildman–Crippen MR) is 90.0 cm³/mol. The summed E-state index contributed by atoms with van der Waals surface area (Å²) in [6.45, 7) is 5.34. The van der Waals surface area contributed by atoms with Gasteiger partial charge in [-0.1, -0.05) is 29.8 Å². The Labute approximate surface area is 136 Å². The lowest BCUT2D eigenvalue weighted by Gasteiger charge is -2.20. The topological polar surface area (TPSA) is 45.6 Å². The molecule has 0 aliphatic carbocycles. The minimum Gasteiger partial charge on any atom is -0.387 e. The molecule has 0 amide bonds. The molecular weight excluding hydrogens is 296 g/mol. The molecule has 0 fully saturated rings. The van der Waals surface area contributed by atoms with Crippen molar-refractivity contribution >= 4 is 11.3 Å². The third-order valence-corrected chi connectivity index (χ3v) is 4.70. The van der Waals surface area contributed by atoms with E-state index >= 15 is 0 Å². The average Bonchev–Trinajstić information content (AvgIpc) is 2.95. The predicted octanol–water partition coefficient (Wildman–Crippen LogP) is 3.32. The first-order chi connectivity index (χ1) is 10.5. The average molecular weight is 320 g/mol. The van der Waals surface area contributed by atoms with Crippen LogP contribution in [-0.2, 0) is 11.3 Å². The first kappa shape index (κ1) is 17.1. The molecule has 2 unspecified atom stereocenters. The summed E-state index contributed by atoms with van der Waals surface area (Å²) in [6.07, 6.45) is -0.455. The van der Waals surface area contributed by atoms with Crippen LogP contribution < -0.4 is 0 Å². The largest absolute Gasteiger partial charge is 0.387 e. The van der Waals surface area contributed by atoms with Crippen LogP contribution in [0.5, 0.6) is 0 Å². The molecule has 1 heterocycles. The quantitative estimate of drug-likeness (QED) is 0.850. The summed E-state index contributed by atoms with van der Waals surface area (Å²) in [4.78, 5) is 6.67. The first-order valence-electron chi connectivity index (χ1n) is 7.40. The minimum atomic E-state index is -0.485. The molecule has 1 N–H and O–H groups in total. The highest BCUT2D eigenvalue weighted by atomic mass is 32.1. The number of aliphatic hydroxyl groups is 1. The number of ether oxygens (including phenoxy) is 1. The fourth-order valence-electron chi connectivity index (χ4n) is 2.21. The van der Waals surface area contributed by atoms with E-state index in [-0.39, 0.29) is 6.10 Å². The van der Waals surface area contributed by atoms with Crippen molar-refractivity contribution in [3.05, 3.63) is 51.5 Å². The van der Waals surface area contributed by atoms with Crippen molar-refractivity contribution in [1.82, 2.24) is 9.88 Å². The summed E-state index contributed by atoms with van der Waals surface area (Å²) in [5.41, 5.74) is 3.17. The molecule has 120 valence electrons. The number of aliphatic hydroxyl groups excluding tert-OH is 1.